The number of ketones is 1. The van der Waals surface area contributed by atoms with Gasteiger partial charge in [-0.3, -0.25) is 4.79 Å². The molecule has 3 N–H and O–H groups in total. The highest BCUT2D eigenvalue weighted by molar-refractivity contribution is 6.12. The molecule has 3 nitrogen and oxygen atoms in total. The van der Waals surface area contributed by atoms with Gasteiger partial charge < -0.3 is 10.7 Å². The average molecular weight is 250 g/mol. The number of nitrogens with one attached hydrogen (secondary N) is 1. The average Bonchev–Trinajstić information content (AvgIpc) is 2.75. The van der Waals surface area contributed by atoms with Gasteiger partial charge in [0, 0.05) is 17.3 Å². The van der Waals surface area contributed by atoms with E-state index in [1.807, 2.05) is 54.6 Å². The van der Waals surface area contributed by atoms with Gasteiger partial charge in [0.05, 0.1) is 5.56 Å². The van der Waals surface area contributed by atoms with Gasteiger partial charge in [-0.05, 0) is 11.6 Å². The molecule has 3 rings (SSSR count). The zero-order chi connectivity index (χ0) is 13.2. The number of benzene rings is 2. The summed E-state index contributed by atoms with van der Waals surface area (Å²) in [6, 6.07) is 17.4. The Hall–Kier alpha value is -2.55. The third kappa shape index (κ3) is 2.10. The minimum Gasteiger partial charge on any atom is -0.385 e. The molecule has 0 aliphatic heterocycles. The quantitative estimate of drug-likeness (QED) is 0.701. The lowest BCUT2D eigenvalue weighted by Crippen LogP contribution is -2.05. The maximum atomic E-state index is 12.4. The number of anilines is 1. The number of rotatable bonds is 3. The highest BCUT2D eigenvalue weighted by atomic mass is 16.1. The molecule has 0 unspecified atom stereocenters. The summed E-state index contributed by atoms with van der Waals surface area (Å²) in [6.07, 6.45) is 0.368. The molecule has 0 fully saturated rings. The molecule has 0 spiro atoms. The van der Waals surface area contributed by atoms with Crippen molar-refractivity contribution in [2.24, 2.45) is 0 Å². The van der Waals surface area contributed by atoms with Crippen molar-refractivity contribution in [3.05, 3.63) is 65.7 Å². The molecule has 1 aromatic heterocycles. The number of para-hydroxylation sites is 1. The van der Waals surface area contributed by atoms with Crippen LogP contribution in [0, 0.1) is 0 Å². The largest absolute Gasteiger partial charge is 0.385 e. The second-order valence-electron chi connectivity index (χ2n) is 4.54. The lowest BCUT2D eigenvalue weighted by molar-refractivity contribution is 0.0995. The van der Waals surface area contributed by atoms with E-state index in [9.17, 15) is 4.79 Å². The van der Waals surface area contributed by atoms with Crippen LogP contribution in [0.3, 0.4) is 0 Å². The molecule has 3 aromatic rings. The Kier molecular flexibility index (Phi) is 2.80. The molecule has 0 atom stereocenters. The number of nitrogen functional groups attached to an aromatic ring is 1. The van der Waals surface area contributed by atoms with Crippen molar-refractivity contribution < 1.29 is 4.79 Å². The Morgan fingerprint density at radius 3 is 2.47 bits per heavy atom. The normalized spacial score (nSPS) is 10.7. The number of fused-ring (bicyclic) bond motifs is 1. The van der Waals surface area contributed by atoms with E-state index in [0.29, 0.717) is 17.8 Å². The second-order valence-corrected chi connectivity index (χ2v) is 4.54. The van der Waals surface area contributed by atoms with E-state index >= 15 is 0 Å². The summed E-state index contributed by atoms with van der Waals surface area (Å²) in [7, 11) is 0. The molecule has 94 valence electrons. The van der Waals surface area contributed by atoms with E-state index in [1.165, 1.54) is 0 Å². The number of carbonyl (C=O) groups is 1. The van der Waals surface area contributed by atoms with E-state index < -0.39 is 0 Å². The molecule has 0 amide bonds. The fraction of sp³-hybridized carbons (Fsp3) is 0.0625. The Labute approximate surface area is 111 Å². The molecule has 2 aromatic carbocycles. The van der Waals surface area contributed by atoms with Crippen LogP contribution in [0.2, 0.25) is 0 Å². The second kappa shape index (κ2) is 4.61. The maximum Gasteiger partial charge on any atom is 0.171 e. The molecule has 0 bridgehead atoms. The molecule has 0 radical (unpaired) electrons. The topological polar surface area (TPSA) is 58.9 Å². The molecule has 1 heterocycles. The number of aromatic amines is 1. The van der Waals surface area contributed by atoms with Gasteiger partial charge >= 0.3 is 0 Å². The number of carbonyl (C=O) groups excluding carboxylic acids is 1. The van der Waals surface area contributed by atoms with Crippen LogP contribution in [0.25, 0.3) is 10.9 Å². The summed E-state index contributed by atoms with van der Waals surface area (Å²) in [4.78, 5) is 15.5. The van der Waals surface area contributed by atoms with E-state index in [0.717, 1.165) is 16.5 Å². The van der Waals surface area contributed by atoms with Crippen LogP contribution in [0.4, 0.5) is 5.82 Å². The zero-order valence-corrected chi connectivity index (χ0v) is 10.4. The zero-order valence-electron chi connectivity index (χ0n) is 10.4. The Morgan fingerprint density at radius 1 is 1.00 bits per heavy atom. The summed E-state index contributed by atoms with van der Waals surface area (Å²) < 4.78 is 0. The van der Waals surface area contributed by atoms with E-state index in [4.69, 9.17) is 5.73 Å². The van der Waals surface area contributed by atoms with Crippen molar-refractivity contribution in [3.63, 3.8) is 0 Å². The first-order valence-electron chi connectivity index (χ1n) is 6.19. The Morgan fingerprint density at radius 2 is 1.68 bits per heavy atom. The molecule has 0 saturated heterocycles. The van der Waals surface area contributed by atoms with Crippen molar-refractivity contribution in [2.75, 3.05) is 5.73 Å². The first-order valence-corrected chi connectivity index (χ1v) is 6.19. The lowest BCUT2D eigenvalue weighted by Gasteiger charge is -2.01. The highest BCUT2D eigenvalue weighted by Gasteiger charge is 2.16. The minimum atomic E-state index is 0.0427. The minimum absolute atomic E-state index is 0.0427. The highest BCUT2D eigenvalue weighted by Crippen LogP contribution is 2.25. The number of hydrogen-bond donors (Lipinski definition) is 2. The number of Topliss-reactive ketones (excluding diaryl/α,β-unsaturated/α-hetero) is 1. The van der Waals surface area contributed by atoms with Gasteiger partial charge in [-0.15, -0.1) is 0 Å². The summed E-state index contributed by atoms with van der Waals surface area (Å²) in [6.45, 7) is 0. The number of H-pyrrole nitrogens is 1. The van der Waals surface area contributed by atoms with Crippen LogP contribution in [0.5, 0.6) is 0 Å². The lowest BCUT2D eigenvalue weighted by atomic mass is 10.0. The molecular weight excluding hydrogens is 236 g/mol. The number of hydrogen-bond acceptors (Lipinski definition) is 2. The van der Waals surface area contributed by atoms with E-state index in [2.05, 4.69) is 4.98 Å². The van der Waals surface area contributed by atoms with Gasteiger partial charge in [0.1, 0.15) is 5.82 Å². The monoisotopic (exact) mass is 250 g/mol. The van der Waals surface area contributed by atoms with Gasteiger partial charge in [0.2, 0.25) is 0 Å². The van der Waals surface area contributed by atoms with Crippen LogP contribution in [0.15, 0.2) is 54.6 Å². The van der Waals surface area contributed by atoms with Crippen LogP contribution in [0.1, 0.15) is 15.9 Å². The van der Waals surface area contributed by atoms with Crippen molar-refractivity contribution >= 4 is 22.5 Å². The molecule has 0 saturated carbocycles. The Bertz CT molecular complexity index is 729. The third-order valence-electron chi connectivity index (χ3n) is 3.22. The van der Waals surface area contributed by atoms with Gasteiger partial charge in [-0.1, -0.05) is 48.5 Å². The predicted octanol–water partition coefficient (Wildman–Crippen LogP) is 3.18. The molecule has 19 heavy (non-hydrogen) atoms. The fourth-order valence-corrected chi connectivity index (χ4v) is 2.33. The summed E-state index contributed by atoms with van der Waals surface area (Å²) in [5, 5.41) is 0.890. The maximum absolute atomic E-state index is 12.4. The van der Waals surface area contributed by atoms with Crippen molar-refractivity contribution in [1.82, 2.24) is 4.98 Å². The first kappa shape index (κ1) is 11.5. The molecule has 0 aliphatic carbocycles. The van der Waals surface area contributed by atoms with Crippen molar-refractivity contribution in [2.45, 2.75) is 6.42 Å². The SMILES string of the molecule is Nc1[nH]c2ccccc2c1C(=O)Cc1ccccc1. The van der Waals surface area contributed by atoms with Crippen LogP contribution in [-0.2, 0) is 6.42 Å². The smallest absolute Gasteiger partial charge is 0.171 e. The third-order valence-corrected chi connectivity index (χ3v) is 3.22. The number of nitrogens with two attached hydrogens (primary N) is 1. The van der Waals surface area contributed by atoms with E-state index in [1.54, 1.807) is 0 Å². The van der Waals surface area contributed by atoms with Gasteiger partial charge in [0.15, 0.2) is 5.78 Å². The summed E-state index contributed by atoms with van der Waals surface area (Å²) >= 11 is 0. The standard InChI is InChI=1S/C16H14N2O/c17-16-15(12-8-4-5-9-13(12)18-16)14(19)10-11-6-2-1-3-7-11/h1-9,18H,10,17H2. The van der Waals surface area contributed by atoms with Crippen molar-refractivity contribution in [3.8, 4) is 0 Å². The van der Waals surface area contributed by atoms with Crippen LogP contribution < -0.4 is 5.73 Å². The van der Waals surface area contributed by atoms with Crippen LogP contribution in [-0.4, -0.2) is 10.8 Å². The number of aromatic nitrogens is 1. The fourth-order valence-electron chi connectivity index (χ4n) is 2.33. The van der Waals surface area contributed by atoms with Crippen LogP contribution >= 0.6 is 0 Å². The Balaban J connectivity index is 2.00. The molecule has 3 heteroatoms. The van der Waals surface area contributed by atoms with E-state index in [-0.39, 0.29) is 5.78 Å². The molecular formula is C16H14N2O. The summed E-state index contributed by atoms with van der Waals surface area (Å²) in [5.74, 6) is 0.489. The van der Waals surface area contributed by atoms with Gasteiger partial charge in [-0.2, -0.15) is 0 Å². The first-order chi connectivity index (χ1) is 9.25. The van der Waals surface area contributed by atoms with Crippen molar-refractivity contribution in [1.29, 1.82) is 0 Å². The predicted molar refractivity (Wildman–Crippen MR) is 77.2 cm³/mol. The van der Waals surface area contributed by atoms with Gasteiger partial charge in [0.25, 0.3) is 0 Å². The summed E-state index contributed by atoms with van der Waals surface area (Å²) in [5.41, 5.74) is 8.43. The molecule has 0 aliphatic rings. The van der Waals surface area contributed by atoms with Gasteiger partial charge in [-0.25, -0.2) is 0 Å².